The van der Waals surface area contributed by atoms with E-state index in [1.54, 1.807) is 0 Å². The summed E-state index contributed by atoms with van der Waals surface area (Å²) in [5, 5.41) is 22.6. The molecule has 3 atom stereocenters. The molecule has 1 aromatic heterocycles. The number of amides is 1. The van der Waals surface area contributed by atoms with Crippen LogP contribution in [-0.2, 0) is 22.4 Å². The smallest absolute Gasteiger partial charge is 0.307 e. The van der Waals surface area contributed by atoms with Gasteiger partial charge in [-0.15, -0.1) is 11.3 Å². The van der Waals surface area contributed by atoms with Gasteiger partial charge in [0.25, 0.3) is 0 Å². The van der Waals surface area contributed by atoms with Crippen molar-refractivity contribution >= 4 is 28.2 Å². The van der Waals surface area contributed by atoms with Crippen molar-refractivity contribution in [3.05, 3.63) is 28.2 Å². The van der Waals surface area contributed by atoms with Crippen LogP contribution in [0.1, 0.15) is 62.5 Å². The minimum Gasteiger partial charge on any atom is -0.481 e. The van der Waals surface area contributed by atoms with E-state index in [-0.39, 0.29) is 11.3 Å². The molecule has 1 amide bonds. The van der Waals surface area contributed by atoms with Crippen molar-refractivity contribution in [2.45, 2.75) is 59.3 Å². The molecule has 3 rings (SSSR count). The van der Waals surface area contributed by atoms with E-state index in [1.165, 1.54) is 16.2 Å². The molecule has 0 aromatic carbocycles. The number of hydrogen-bond donors (Lipinski definition) is 2. The predicted molar refractivity (Wildman–Crippen MR) is 110 cm³/mol. The lowest BCUT2D eigenvalue weighted by Crippen LogP contribution is -2.34. The first kappa shape index (κ1) is 20.6. The van der Waals surface area contributed by atoms with Crippen LogP contribution >= 0.6 is 11.3 Å². The first-order valence-corrected chi connectivity index (χ1v) is 10.8. The lowest BCUT2D eigenvalue weighted by molar-refractivity contribution is -0.146. The average molecular weight is 401 g/mol. The number of carbonyl (C=O) groups excluding carboxylic acids is 1. The Hall–Kier alpha value is -2.13. The van der Waals surface area contributed by atoms with Gasteiger partial charge in [0.15, 0.2) is 0 Å². The number of nitrogens with zero attached hydrogens (tertiary/aromatic N) is 1. The number of carbonyl (C=O) groups is 2. The topological polar surface area (TPSA) is 90.2 Å². The van der Waals surface area contributed by atoms with Crippen molar-refractivity contribution < 1.29 is 14.7 Å². The SMILES string of the molecule is CCC(C)(C)[C@@H]1CCc2c(sc(NC(=O)[C@H]3CC=CC[C@H]3C(=O)O)c2C#N)C1. The Morgan fingerprint density at radius 2 is 2.00 bits per heavy atom. The molecule has 5 nitrogen and oxygen atoms in total. The number of rotatable bonds is 5. The van der Waals surface area contributed by atoms with Crippen LogP contribution in [0.3, 0.4) is 0 Å². The second-order valence-electron chi connectivity index (χ2n) is 8.58. The van der Waals surface area contributed by atoms with Crippen molar-refractivity contribution in [1.82, 2.24) is 0 Å². The summed E-state index contributed by atoms with van der Waals surface area (Å²) in [6, 6.07) is 2.28. The van der Waals surface area contributed by atoms with Crippen LogP contribution in [0.4, 0.5) is 5.00 Å². The van der Waals surface area contributed by atoms with Gasteiger partial charge in [-0.2, -0.15) is 5.26 Å². The second-order valence-corrected chi connectivity index (χ2v) is 9.69. The van der Waals surface area contributed by atoms with Crippen LogP contribution in [-0.4, -0.2) is 17.0 Å². The molecule has 2 N–H and O–H groups in total. The average Bonchev–Trinajstić information content (AvgIpc) is 3.03. The third-order valence-corrected chi connectivity index (χ3v) is 7.89. The summed E-state index contributed by atoms with van der Waals surface area (Å²) in [5.74, 6) is -1.98. The molecule has 150 valence electrons. The number of anilines is 1. The van der Waals surface area contributed by atoms with Gasteiger partial charge in [0.1, 0.15) is 11.1 Å². The molecular weight excluding hydrogens is 372 g/mol. The zero-order valence-corrected chi connectivity index (χ0v) is 17.6. The third-order valence-electron chi connectivity index (χ3n) is 6.72. The van der Waals surface area contributed by atoms with Gasteiger partial charge < -0.3 is 10.4 Å². The first-order chi connectivity index (χ1) is 13.3. The van der Waals surface area contributed by atoms with E-state index >= 15 is 0 Å². The van der Waals surface area contributed by atoms with Crippen molar-refractivity contribution in [3.8, 4) is 6.07 Å². The minimum atomic E-state index is -0.944. The van der Waals surface area contributed by atoms with E-state index in [2.05, 4.69) is 32.2 Å². The van der Waals surface area contributed by atoms with E-state index in [4.69, 9.17) is 0 Å². The van der Waals surface area contributed by atoms with Crippen LogP contribution in [0.25, 0.3) is 0 Å². The molecule has 0 spiro atoms. The lowest BCUT2D eigenvalue weighted by Gasteiger charge is -2.36. The van der Waals surface area contributed by atoms with Crippen molar-refractivity contribution in [2.75, 3.05) is 5.32 Å². The maximum atomic E-state index is 12.8. The van der Waals surface area contributed by atoms with Crippen molar-refractivity contribution in [3.63, 3.8) is 0 Å². The molecule has 2 aliphatic rings. The zero-order valence-electron chi connectivity index (χ0n) is 16.7. The fraction of sp³-hybridized carbons (Fsp3) is 0.591. The van der Waals surface area contributed by atoms with E-state index in [0.717, 1.165) is 31.2 Å². The van der Waals surface area contributed by atoms with E-state index in [9.17, 15) is 20.0 Å². The normalized spacial score (nSPS) is 24.3. The summed E-state index contributed by atoms with van der Waals surface area (Å²) in [4.78, 5) is 25.5. The fourth-order valence-corrected chi connectivity index (χ4v) is 5.61. The molecule has 0 aliphatic heterocycles. The summed E-state index contributed by atoms with van der Waals surface area (Å²) < 4.78 is 0. The van der Waals surface area contributed by atoms with E-state index in [1.807, 2.05) is 12.2 Å². The number of hydrogen-bond acceptors (Lipinski definition) is 4. The van der Waals surface area contributed by atoms with E-state index in [0.29, 0.717) is 29.3 Å². The third kappa shape index (κ3) is 3.86. The Balaban J connectivity index is 1.82. The van der Waals surface area contributed by atoms with E-state index < -0.39 is 17.8 Å². The molecule has 0 radical (unpaired) electrons. The highest BCUT2D eigenvalue weighted by Gasteiger charge is 2.36. The Morgan fingerprint density at radius 3 is 2.61 bits per heavy atom. The Labute approximate surface area is 170 Å². The maximum absolute atomic E-state index is 12.8. The molecule has 28 heavy (non-hydrogen) atoms. The minimum absolute atomic E-state index is 0.251. The second kappa shape index (κ2) is 8.08. The summed E-state index contributed by atoms with van der Waals surface area (Å²) in [5.41, 5.74) is 1.89. The van der Waals surface area contributed by atoms with Gasteiger partial charge in [-0.05, 0) is 49.0 Å². The van der Waals surface area contributed by atoms with Gasteiger partial charge >= 0.3 is 5.97 Å². The Kier molecular flexibility index (Phi) is 5.95. The number of carboxylic acid groups (broad SMARTS) is 1. The molecule has 6 heteroatoms. The first-order valence-electron chi connectivity index (χ1n) is 10.0. The van der Waals surface area contributed by atoms with Crippen LogP contribution < -0.4 is 5.32 Å². The van der Waals surface area contributed by atoms with Gasteiger partial charge in [0.05, 0.1) is 17.4 Å². The fourth-order valence-electron chi connectivity index (χ4n) is 4.33. The quantitative estimate of drug-likeness (QED) is 0.697. The molecular formula is C22H28N2O3S. The van der Waals surface area contributed by atoms with Gasteiger partial charge in [-0.3, -0.25) is 9.59 Å². The van der Waals surface area contributed by atoms with Gasteiger partial charge in [0.2, 0.25) is 5.91 Å². The Bertz CT molecular complexity index is 847. The van der Waals surface area contributed by atoms with Crippen LogP contribution in [0.2, 0.25) is 0 Å². The zero-order chi connectivity index (χ0) is 20.5. The van der Waals surface area contributed by atoms with Gasteiger partial charge in [0, 0.05) is 4.88 Å². The highest BCUT2D eigenvalue weighted by atomic mass is 32.1. The molecule has 0 fully saturated rings. The molecule has 0 bridgehead atoms. The van der Waals surface area contributed by atoms with Crippen molar-refractivity contribution in [1.29, 1.82) is 5.26 Å². The highest BCUT2D eigenvalue weighted by Crippen LogP contribution is 2.45. The molecule has 0 saturated carbocycles. The number of nitrogens with one attached hydrogen (secondary N) is 1. The molecule has 0 unspecified atom stereocenters. The molecule has 1 aromatic rings. The number of allylic oxidation sites excluding steroid dienone is 2. The Morgan fingerprint density at radius 1 is 1.32 bits per heavy atom. The standard InChI is InChI=1S/C22H28N2O3S/c1-4-22(2,3)13-9-10-14-17(12-23)20(28-18(14)11-13)24-19(25)15-7-5-6-8-16(15)21(26)27/h5-6,13,15-16H,4,7-11H2,1-3H3,(H,24,25)(H,26,27)/t13-,15+,16-/m1/s1. The monoisotopic (exact) mass is 400 g/mol. The van der Waals surface area contributed by atoms with Crippen molar-refractivity contribution in [2.24, 2.45) is 23.2 Å². The van der Waals surface area contributed by atoms with Crippen LogP contribution in [0.15, 0.2) is 12.2 Å². The molecule has 0 saturated heterocycles. The van der Waals surface area contributed by atoms with Crippen LogP contribution in [0.5, 0.6) is 0 Å². The predicted octanol–water partition coefficient (Wildman–Crippen LogP) is 4.77. The number of carboxylic acids is 1. The number of aliphatic carboxylic acids is 1. The summed E-state index contributed by atoms with van der Waals surface area (Å²) in [6.07, 6.45) is 8.45. The largest absolute Gasteiger partial charge is 0.481 e. The number of nitriles is 1. The van der Waals surface area contributed by atoms with Gasteiger partial charge in [-0.25, -0.2) is 0 Å². The van der Waals surface area contributed by atoms with Crippen LogP contribution in [0, 0.1) is 34.5 Å². The number of thiophene rings is 1. The lowest BCUT2D eigenvalue weighted by atomic mass is 9.69. The molecule has 2 aliphatic carbocycles. The summed E-state index contributed by atoms with van der Waals surface area (Å²) in [7, 11) is 0. The highest BCUT2D eigenvalue weighted by molar-refractivity contribution is 7.16. The van der Waals surface area contributed by atoms with Gasteiger partial charge in [-0.1, -0.05) is 39.3 Å². The molecule has 1 heterocycles. The summed E-state index contributed by atoms with van der Waals surface area (Å²) in [6.45, 7) is 6.81. The summed E-state index contributed by atoms with van der Waals surface area (Å²) >= 11 is 1.50. The maximum Gasteiger partial charge on any atom is 0.307 e. The number of fused-ring (bicyclic) bond motifs is 1.